The Morgan fingerprint density at radius 3 is 2.31 bits per heavy atom. The molecule has 2 aromatic carbocycles. The summed E-state index contributed by atoms with van der Waals surface area (Å²) in [5.74, 6) is -1.56. The molecule has 1 saturated heterocycles. The Hall–Kier alpha value is -4.24. The lowest BCUT2D eigenvalue weighted by molar-refractivity contribution is -0.122. The lowest BCUT2D eigenvalue weighted by Crippen LogP contribution is -2.54. The van der Waals surface area contributed by atoms with Crippen molar-refractivity contribution in [2.75, 3.05) is 12.0 Å². The summed E-state index contributed by atoms with van der Waals surface area (Å²) in [6.45, 7) is 0. The quantitative estimate of drug-likeness (QED) is 0.354. The van der Waals surface area contributed by atoms with Gasteiger partial charge in [-0.15, -0.1) is 0 Å². The highest BCUT2D eigenvalue weighted by molar-refractivity contribution is 7.80. The number of rotatable bonds is 5. The summed E-state index contributed by atoms with van der Waals surface area (Å²) in [6, 6.07) is 16.5. The van der Waals surface area contributed by atoms with E-state index in [1.165, 1.54) is 30.2 Å². The van der Waals surface area contributed by atoms with Crippen molar-refractivity contribution in [2.24, 2.45) is 0 Å². The number of thiocarbonyl (C=S) groups is 1. The van der Waals surface area contributed by atoms with Gasteiger partial charge < -0.3 is 14.4 Å². The van der Waals surface area contributed by atoms with Crippen LogP contribution >= 0.6 is 12.2 Å². The molecule has 0 bridgehead atoms. The number of aromatic carboxylic acids is 1. The van der Waals surface area contributed by atoms with Gasteiger partial charge in [0.2, 0.25) is 0 Å². The molecule has 4 rings (SSSR count). The number of anilines is 1. The van der Waals surface area contributed by atoms with Crippen molar-refractivity contribution < 1.29 is 24.2 Å². The number of hydrogen-bond donors (Lipinski definition) is 2. The van der Waals surface area contributed by atoms with Crippen LogP contribution in [-0.4, -0.2) is 39.7 Å². The minimum absolute atomic E-state index is 0.0121. The van der Waals surface area contributed by atoms with Crippen LogP contribution in [-0.2, 0) is 9.59 Å². The normalized spacial score (nSPS) is 15.1. The molecule has 1 aliphatic heterocycles. The van der Waals surface area contributed by atoms with Crippen molar-refractivity contribution in [3.05, 3.63) is 83.7 Å². The van der Waals surface area contributed by atoms with Crippen LogP contribution in [0, 0.1) is 0 Å². The zero-order valence-corrected chi connectivity index (χ0v) is 17.6. The molecule has 2 heterocycles. The van der Waals surface area contributed by atoms with Crippen molar-refractivity contribution in [1.82, 2.24) is 9.88 Å². The minimum Gasteiger partial charge on any atom is -0.497 e. The molecule has 8 nitrogen and oxygen atoms in total. The smallest absolute Gasteiger partial charge is 0.335 e. The van der Waals surface area contributed by atoms with Crippen molar-refractivity contribution in [3.63, 3.8) is 0 Å². The number of amides is 2. The van der Waals surface area contributed by atoms with E-state index in [0.29, 0.717) is 22.8 Å². The second-order valence-electron chi connectivity index (χ2n) is 6.81. The van der Waals surface area contributed by atoms with Gasteiger partial charge in [-0.2, -0.15) is 0 Å². The maximum atomic E-state index is 13.2. The number of carbonyl (C=O) groups excluding carboxylic acids is 2. The predicted octanol–water partition coefficient (Wildman–Crippen LogP) is 3.02. The highest BCUT2D eigenvalue weighted by Crippen LogP contribution is 2.25. The monoisotopic (exact) mass is 447 g/mol. The number of methoxy groups -OCH3 is 1. The summed E-state index contributed by atoms with van der Waals surface area (Å²) in [6.07, 6.45) is 3.22. The first-order valence-corrected chi connectivity index (χ1v) is 9.86. The molecular weight excluding hydrogens is 430 g/mol. The van der Waals surface area contributed by atoms with Crippen molar-refractivity contribution in [1.29, 1.82) is 0 Å². The molecule has 0 atom stereocenters. The summed E-state index contributed by atoms with van der Waals surface area (Å²) < 4.78 is 6.88. The Kier molecular flexibility index (Phi) is 5.57. The number of aromatic nitrogens is 1. The first-order valence-electron chi connectivity index (χ1n) is 9.45. The third-order valence-corrected chi connectivity index (χ3v) is 5.18. The molecular formula is C23H17N3O5S. The van der Waals surface area contributed by atoms with Crippen molar-refractivity contribution >= 4 is 46.9 Å². The van der Waals surface area contributed by atoms with E-state index in [1.54, 1.807) is 59.3 Å². The van der Waals surface area contributed by atoms with Gasteiger partial charge in [0, 0.05) is 17.6 Å². The number of hydrogen-bond acceptors (Lipinski definition) is 5. The fraction of sp³-hybridized carbons (Fsp3) is 0.0435. The van der Waals surface area contributed by atoms with Crippen LogP contribution in [0.5, 0.6) is 5.75 Å². The Bertz CT molecular complexity index is 1260. The summed E-state index contributed by atoms with van der Waals surface area (Å²) >= 11 is 5.22. The number of nitrogens with zero attached hydrogens (tertiary/aromatic N) is 2. The van der Waals surface area contributed by atoms with Gasteiger partial charge in [0.25, 0.3) is 11.8 Å². The van der Waals surface area contributed by atoms with Crippen molar-refractivity contribution in [2.45, 2.75) is 0 Å². The van der Waals surface area contributed by atoms with Gasteiger partial charge in [-0.25, -0.2) is 4.79 Å². The molecule has 1 fully saturated rings. The van der Waals surface area contributed by atoms with E-state index in [9.17, 15) is 14.4 Å². The van der Waals surface area contributed by atoms with Crippen LogP contribution < -0.4 is 15.0 Å². The number of ether oxygens (including phenoxy) is 1. The van der Waals surface area contributed by atoms with Crippen LogP contribution in [0.15, 0.2) is 72.4 Å². The van der Waals surface area contributed by atoms with Gasteiger partial charge in [0.15, 0.2) is 5.11 Å². The zero-order valence-electron chi connectivity index (χ0n) is 16.8. The Morgan fingerprint density at radius 2 is 1.69 bits per heavy atom. The fourth-order valence-electron chi connectivity index (χ4n) is 3.28. The second kappa shape index (κ2) is 8.48. The van der Waals surface area contributed by atoms with E-state index in [4.69, 9.17) is 22.1 Å². The van der Waals surface area contributed by atoms with Gasteiger partial charge in [-0.3, -0.25) is 19.8 Å². The molecule has 0 spiro atoms. The van der Waals surface area contributed by atoms with Crippen molar-refractivity contribution in [3.8, 4) is 11.4 Å². The number of carboxylic acids is 1. The third-order valence-electron chi connectivity index (χ3n) is 4.90. The lowest BCUT2D eigenvalue weighted by atomic mass is 10.1. The van der Waals surface area contributed by atoms with Gasteiger partial charge >= 0.3 is 5.97 Å². The molecule has 2 N–H and O–H groups in total. The van der Waals surface area contributed by atoms with Gasteiger partial charge in [-0.05, 0) is 79.0 Å². The topological polar surface area (TPSA) is 101 Å². The average Bonchev–Trinajstić information content (AvgIpc) is 3.25. The Labute approximate surface area is 188 Å². The maximum absolute atomic E-state index is 13.2. The highest BCUT2D eigenvalue weighted by Gasteiger charge is 2.34. The lowest BCUT2D eigenvalue weighted by Gasteiger charge is -2.29. The number of carboxylic acid groups (broad SMARTS) is 1. The first-order chi connectivity index (χ1) is 15.4. The third kappa shape index (κ3) is 3.88. The van der Waals surface area contributed by atoms with Crippen LogP contribution in [0.3, 0.4) is 0 Å². The van der Waals surface area contributed by atoms with Crippen LogP contribution in [0.2, 0.25) is 0 Å². The molecule has 32 heavy (non-hydrogen) atoms. The molecule has 0 unspecified atom stereocenters. The first kappa shape index (κ1) is 21.0. The van der Waals surface area contributed by atoms with Gasteiger partial charge in [0.05, 0.1) is 18.4 Å². The van der Waals surface area contributed by atoms with E-state index < -0.39 is 17.8 Å². The summed E-state index contributed by atoms with van der Waals surface area (Å²) in [7, 11) is 1.54. The van der Waals surface area contributed by atoms with Crippen LogP contribution in [0.25, 0.3) is 11.8 Å². The second-order valence-corrected chi connectivity index (χ2v) is 7.20. The summed E-state index contributed by atoms with van der Waals surface area (Å²) in [5.41, 5.74) is 1.81. The van der Waals surface area contributed by atoms with E-state index in [2.05, 4.69) is 5.32 Å². The molecule has 160 valence electrons. The fourth-order valence-corrected chi connectivity index (χ4v) is 3.56. The molecule has 9 heteroatoms. The predicted molar refractivity (Wildman–Crippen MR) is 122 cm³/mol. The largest absolute Gasteiger partial charge is 0.497 e. The van der Waals surface area contributed by atoms with Gasteiger partial charge in [-0.1, -0.05) is 0 Å². The molecule has 0 radical (unpaired) electrons. The van der Waals surface area contributed by atoms with Gasteiger partial charge in [0.1, 0.15) is 11.3 Å². The summed E-state index contributed by atoms with van der Waals surface area (Å²) in [4.78, 5) is 38.1. The summed E-state index contributed by atoms with van der Waals surface area (Å²) in [5, 5.41) is 11.6. The number of nitrogens with one attached hydrogen (secondary N) is 1. The molecule has 3 aromatic rings. The van der Waals surface area contributed by atoms with E-state index in [0.717, 1.165) is 0 Å². The van der Waals surface area contributed by atoms with E-state index in [-0.39, 0.29) is 16.2 Å². The zero-order chi connectivity index (χ0) is 22.8. The molecule has 1 aromatic heterocycles. The average molecular weight is 447 g/mol. The molecule has 0 saturated carbocycles. The molecule has 2 amide bonds. The standard InChI is InChI=1S/C23H17N3O5S/c1-31-18-10-8-16(9-11-18)26-21(28)19(20(27)24-23(26)32)13-17-3-2-12-25(17)15-6-4-14(5-7-15)22(29)30/h2-13H,1H3,(H,29,30)(H,24,27,32). The Morgan fingerprint density at radius 1 is 1.03 bits per heavy atom. The number of benzene rings is 2. The van der Waals surface area contributed by atoms with Crippen LogP contribution in [0.1, 0.15) is 16.1 Å². The van der Waals surface area contributed by atoms with E-state index in [1.807, 2.05) is 0 Å². The minimum atomic E-state index is -1.02. The molecule has 1 aliphatic rings. The van der Waals surface area contributed by atoms with Crippen LogP contribution in [0.4, 0.5) is 5.69 Å². The van der Waals surface area contributed by atoms with E-state index >= 15 is 0 Å². The maximum Gasteiger partial charge on any atom is 0.335 e. The molecule has 0 aliphatic carbocycles. The Balaban J connectivity index is 1.70. The highest BCUT2D eigenvalue weighted by atomic mass is 32.1. The SMILES string of the molecule is COc1ccc(N2C(=O)C(=Cc3cccn3-c3ccc(C(=O)O)cc3)C(=O)NC2=S)cc1. The number of carbonyl (C=O) groups is 3.